The Morgan fingerprint density at radius 1 is 1.24 bits per heavy atom. The molecule has 114 valence electrons. The number of rotatable bonds is 7. The number of anilines is 1. The van der Waals surface area contributed by atoms with Crippen LogP contribution in [0.3, 0.4) is 0 Å². The van der Waals surface area contributed by atoms with Crippen molar-refractivity contribution in [1.82, 2.24) is 10.3 Å². The van der Waals surface area contributed by atoms with Gasteiger partial charge in [-0.3, -0.25) is 9.71 Å². The first-order valence-electron chi connectivity index (χ1n) is 6.76. The minimum Gasteiger partial charge on any atom is -0.446 e. The van der Waals surface area contributed by atoms with Gasteiger partial charge < -0.3 is 9.73 Å². The monoisotopic (exact) mass is 309 g/mol. The Morgan fingerprint density at radius 3 is 2.71 bits per heavy atom. The van der Waals surface area contributed by atoms with Gasteiger partial charge in [0.25, 0.3) is 10.0 Å². The van der Waals surface area contributed by atoms with Crippen LogP contribution in [0.25, 0.3) is 0 Å². The molecule has 7 heteroatoms. The zero-order valence-corrected chi connectivity index (χ0v) is 12.9. The third-order valence-electron chi connectivity index (χ3n) is 2.79. The zero-order chi connectivity index (χ0) is 15.3. The number of aryl methyl sites for hydroxylation is 1. The molecule has 2 rings (SSSR count). The van der Waals surface area contributed by atoms with E-state index in [0.29, 0.717) is 18.0 Å². The highest BCUT2D eigenvalue weighted by molar-refractivity contribution is 7.92. The lowest BCUT2D eigenvalue weighted by molar-refractivity contribution is 0.403. The molecule has 0 fully saturated rings. The largest absolute Gasteiger partial charge is 0.446 e. The average Bonchev–Trinajstić information content (AvgIpc) is 2.91. The van der Waals surface area contributed by atoms with Gasteiger partial charge >= 0.3 is 0 Å². The lowest BCUT2D eigenvalue weighted by Crippen LogP contribution is -2.14. The summed E-state index contributed by atoms with van der Waals surface area (Å²) >= 11 is 0. The van der Waals surface area contributed by atoms with Crippen molar-refractivity contribution < 1.29 is 12.8 Å². The van der Waals surface area contributed by atoms with E-state index in [1.807, 2.05) is 6.92 Å². The molecule has 0 atom stereocenters. The summed E-state index contributed by atoms with van der Waals surface area (Å²) in [7, 11) is -3.72. The third kappa shape index (κ3) is 4.30. The number of nitrogens with zero attached hydrogens (tertiary/aromatic N) is 1. The Hall–Kier alpha value is -1.86. The molecule has 0 bridgehead atoms. The highest BCUT2D eigenvalue weighted by Gasteiger charge is 2.19. The van der Waals surface area contributed by atoms with Crippen LogP contribution in [0.4, 0.5) is 5.69 Å². The number of hydrogen-bond acceptors (Lipinski definition) is 5. The molecule has 2 N–H and O–H groups in total. The third-order valence-corrected chi connectivity index (χ3v) is 4.05. The Labute approximate surface area is 124 Å². The highest BCUT2D eigenvalue weighted by Crippen LogP contribution is 2.18. The van der Waals surface area contributed by atoms with E-state index in [0.717, 1.165) is 18.7 Å². The highest BCUT2D eigenvalue weighted by atomic mass is 32.2. The molecule has 6 nitrogen and oxygen atoms in total. The van der Waals surface area contributed by atoms with Crippen molar-refractivity contribution in [1.29, 1.82) is 0 Å². The number of furan rings is 1. The van der Waals surface area contributed by atoms with Crippen LogP contribution in [-0.2, 0) is 16.6 Å². The second kappa shape index (κ2) is 6.73. The fraction of sp³-hybridized carbons (Fsp3) is 0.357. The molecule has 0 amide bonds. The lowest BCUT2D eigenvalue weighted by Gasteiger charge is -2.05. The zero-order valence-electron chi connectivity index (χ0n) is 12.1. The number of pyridine rings is 1. The molecule has 21 heavy (non-hydrogen) atoms. The van der Waals surface area contributed by atoms with Crippen LogP contribution < -0.4 is 10.0 Å². The van der Waals surface area contributed by atoms with Gasteiger partial charge in [0, 0.05) is 5.69 Å². The predicted octanol–water partition coefficient (Wildman–Crippen LogP) is 2.28. The molecular weight excluding hydrogens is 290 g/mol. The van der Waals surface area contributed by atoms with E-state index in [-0.39, 0.29) is 5.09 Å². The van der Waals surface area contributed by atoms with Crippen molar-refractivity contribution in [3.8, 4) is 0 Å². The summed E-state index contributed by atoms with van der Waals surface area (Å²) in [5, 5.41) is 3.05. The van der Waals surface area contributed by atoms with Crippen molar-refractivity contribution in [2.24, 2.45) is 0 Å². The molecule has 0 saturated carbocycles. The second-order valence-electron chi connectivity index (χ2n) is 4.69. The van der Waals surface area contributed by atoms with Gasteiger partial charge in [0.1, 0.15) is 5.76 Å². The molecule has 0 aliphatic carbocycles. The average molecular weight is 309 g/mol. The van der Waals surface area contributed by atoms with Crippen LogP contribution >= 0.6 is 0 Å². The summed E-state index contributed by atoms with van der Waals surface area (Å²) < 4.78 is 32.1. The van der Waals surface area contributed by atoms with Gasteiger partial charge in [-0.05, 0) is 44.2 Å². The molecule has 0 unspecified atom stereocenters. The Balaban J connectivity index is 2.07. The maximum Gasteiger partial charge on any atom is 0.295 e. The summed E-state index contributed by atoms with van der Waals surface area (Å²) in [6.45, 7) is 5.26. The van der Waals surface area contributed by atoms with Crippen molar-refractivity contribution in [3.05, 3.63) is 41.9 Å². The predicted molar refractivity (Wildman–Crippen MR) is 80.5 cm³/mol. The van der Waals surface area contributed by atoms with Gasteiger partial charge in [-0.25, -0.2) is 0 Å². The van der Waals surface area contributed by atoms with Crippen LogP contribution in [-0.4, -0.2) is 19.9 Å². The summed E-state index contributed by atoms with van der Waals surface area (Å²) in [6, 6.07) is 6.50. The van der Waals surface area contributed by atoms with Crippen molar-refractivity contribution >= 4 is 15.7 Å². The molecule has 0 radical (unpaired) electrons. The van der Waals surface area contributed by atoms with E-state index in [2.05, 4.69) is 21.9 Å². The van der Waals surface area contributed by atoms with Gasteiger partial charge in [0.05, 0.1) is 18.4 Å². The van der Waals surface area contributed by atoms with Gasteiger partial charge in [-0.1, -0.05) is 6.92 Å². The molecule has 0 aromatic carbocycles. The topological polar surface area (TPSA) is 84.2 Å². The van der Waals surface area contributed by atoms with Gasteiger partial charge in [-0.15, -0.1) is 0 Å². The lowest BCUT2D eigenvalue weighted by atomic mass is 10.4. The fourth-order valence-corrected chi connectivity index (χ4v) is 2.72. The second-order valence-corrected chi connectivity index (χ2v) is 6.30. The van der Waals surface area contributed by atoms with Crippen LogP contribution in [0.15, 0.2) is 40.0 Å². The first-order chi connectivity index (χ1) is 10.0. The molecule has 2 aromatic rings. The molecule has 0 aliphatic heterocycles. The van der Waals surface area contributed by atoms with Crippen molar-refractivity contribution in [3.63, 3.8) is 0 Å². The molecule has 0 saturated heterocycles. The summed E-state index contributed by atoms with van der Waals surface area (Å²) in [5.74, 6) is 0.589. The van der Waals surface area contributed by atoms with Gasteiger partial charge in [0.15, 0.2) is 0 Å². The minimum atomic E-state index is -3.72. The molecule has 0 spiro atoms. The summed E-state index contributed by atoms with van der Waals surface area (Å²) in [6.07, 6.45) is 2.48. The number of nitrogens with one attached hydrogen (secondary N) is 2. The number of aromatic nitrogens is 1. The maximum atomic E-state index is 12.2. The molecule has 2 heterocycles. The SMILES string of the molecule is CCCNCc1ccc(S(=O)(=O)Nc2ccc(C)nc2)o1. The quantitative estimate of drug-likeness (QED) is 0.767. The fourth-order valence-electron chi connectivity index (χ4n) is 1.72. The standard InChI is InChI=1S/C14H19N3O3S/c1-3-8-15-10-13-6-7-14(20-13)21(18,19)17-12-5-4-11(2)16-9-12/h4-7,9,15,17H,3,8,10H2,1-2H3. The minimum absolute atomic E-state index is 0.101. The maximum absolute atomic E-state index is 12.2. The van der Waals surface area contributed by atoms with Crippen LogP contribution in [0, 0.1) is 6.92 Å². The molecular formula is C14H19N3O3S. The Bertz CT molecular complexity index is 678. The first-order valence-corrected chi connectivity index (χ1v) is 8.24. The van der Waals surface area contributed by atoms with E-state index >= 15 is 0 Å². The van der Waals surface area contributed by atoms with E-state index in [4.69, 9.17) is 4.42 Å². The van der Waals surface area contributed by atoms with Gasteiger partial charge in [-0.2, -0.15) is 8.42 Å². The Kier molecular flexibility index (Phi) is 4.98. The van der Waals surface area contributed by atoms with E-state index in [1.165, 1.54) is 12.3 Å². The van der Waals surface area contributed by atoms with E-state index in [1.54, 1.807) is 18.2 Å². The molecule has 2 aromatic heterocycles. The Morgan fingerprint density at radius 2 is 2.05 bits per heavy atom. The number of sulfonamides is 1. The first kappa shape index (κ1) is 15.5. The van der Waals surface area contributed by atoms with Crippen molar-refractivity contribution in [2.45, 2.75) is 31.9 Å². The van der Waals surface area contributed by atoms with E-state index < -0.39 is 10.0 Å². The van der Waals surface area contributed by atoms with Crippen LogP contribution in [0.2, 0.25) is 0 Å². The normalized spacial score (nSPS) is 11.5. The van der Waals surface area contributed by atoms with Crippen LogP contribution in [0.5, 0.6) is 0 Å². The summed E-state index contributed by atoms with van der Waals surface area (Å²) in [4.78, 5) is 4.04. The molecule has 0 aliphatic rings. The number of hydrogen-bond donors (Lipinski definition) is 2. The smallest absolute Gasteiger partial charge is 0.295 e. The summed E-state index contributed by atoms with van der Waals surface area (Å²) in [5.41, 5.74) is 1.22. The van der Waals surface area contributed by atoms with Gasteiger partial charge in [0.2, 0.25) is 5.09 Å². The van der Waals surface area contributed by atoms with Crippen molar-refractivity contribution in [2.75, 3.05) is 11.3 Å². The van der Waals surface area contributed by atoms with Crippen LogP contribution in [0.1, 0.15) is 24.8 Å². The van der Waals surface area contributed by atoms with E-state index in [9.17, 15) is 8.42 Å².